The summed E-state index contributed by atoms with van der Waals surface area (Å²) >= 11 is 0. The average Bonchev–Trinajstić information content (AvgIpc) is 2.64. The van der Waals surface area contributed by atoms with E-state index in [1.165, 1.54) is 26.0 Å². The summed E-state index contributed by atoms with van der Waals surface area (Å²) in [5.74, 6) is -0.115. The molecule has 1 amide bonds. The van der Waals surface area contributed by atoms with Crippen LogP contribution in [0.4, 0.5) is 4.39 Å². The Balaban J connectivity index is 1.50. The van der Waals surface area contributed by atoms with Gasteiger partial charge in [0.25, 0.3) is 0 Å². The van der Waals surface area contributed by atoms with Crippen molar-refractivity contribution in [2.24, 2.45) is 34.8 Å². The minimum atomic E-state index is -4.21. The lowest BCUT2D eigenvalue weighted by molar-refractivity contribution is -0.152. The minimum absolute atomic E-state index is 0.135. The molecule has 0 radical (unpaired) electrons. The first-order valence-corrected chi connectivity index (χ1v) is 12.4. The third-order valence-electron chi connectivity index (χ3n) is 7.88. The van der Waals surface area contributed by atoms with Gasteiger partial charge in [-0.15, -0.1) is 0 Å². The van der Waals surface area contributed by atoms with E-state index in [2.05, 4.69) is 4.72 Å². The molecule has 4 saturated carbocycles. The number of sulfonamides is 1. The molecule has 0 saturated heterocycles. The fourth-order valence-electron chi connectivity index (χ4n) is 6.50. The molecule has 2 unspecified atom stereocenters. The first-order chi connectivity index (χ1) is 14.3. The lowest BCUT2D eigenvalue weighted by atomic mass is 9.45. The van der Waals surface area contributed by atoms with Crippen molar-refractivity contribution in [1.29, 1.82) is 0 Å². The molecule has 3 N–H and O–H groups in total. The van der Waals surface area contributed by atoms with Gasteiger partial charge in [0.15, 0.2) is 5.78 Å². The zero-order valence-electron chi connectivity index (χ0n) is 18.3. The van der Waals surface area contributed by atoms with Crippen LogP contribution in [0.1, 0.15) is 57.9 Å². The van der Waals surface area contributed by atoms with Crippen LogP contribution in [0.15, 0.2) is 23.1 Å². The van der Waals surface area contributed by atoms with Gasteiger partial charge in [-0.1, -0.05) is 6.07 Å². The number of benzene rings is 1. The first-order valence-electron chi connectivity index (χ1n) is 11.0. The summed E-state index contributed by atoms with van der Waals surface area (Å²) in [6.45, 7) is 4.74. The molecule has 1 aromatic carbocycles. The van der Waals surface area contributed by atoms with Crippen LogP contribution in [0.5, 0.6) is 0 Å². The maximum Gasteiger partial charge on any atom is 0.244 e. The maximum absolute atomic E-state index is 14.2. The number of ketones is 1. The molecule has 0 aromatic heterocycles. The lowest BCUT2D eigenvalue weighted by Gasteiger charge is -2.59. The maximum atomic E-state index is 14.2. The Kier molecular flexibility index (Phi) is 5.33. The third-order valence-corrected chi connectivity index (χ3v) is 9.55. The van der Waals surface area contributed by atoms with E-state index < -0.39 is 31.7 Å². The molecule has 4 aliphatic rings. The number of rotatable bonds is 7. The van der Waals surface area contributed by atoms with Gasteiger partial charge in [-0.05, 0) is 94.2 Å². The zero-order chi connectivity index (χ0) is 22.8. The van der Waals surface area contributed by atoms with E-state index in [0.717, 1.165) is 38.2 Å². The molecule has 2 atom stereocenters. The second kappa shape index (κ2) is 7.37. The Labute approximate surface area is 183 Å². The third kappa shape index (κ3) is 3.93. The van der Waals surface area contributed by atoms with Crippen LogP contribution in [0.25, 0.3) is 0 Å². The highest BCUT2D eigenvalue weighted by molar-refractivity contribution is 7.89. The number of amides is 1. The van der Waals surface area contributed by atoms with Crippen molar-refractivity contribution in [3.8, 4) is 0 Å². The molecular formula is C23H31FN2O4S. The van der Waals surface area contributed by atoms with E-state index in [9.17, 15) is 22.4 Å². The van der Waals surface area contributed by atoms with E-state index in [4.69, 9.17) is 5.73 Å². The van der Waals surface area contributed by atoms with Crippen molar-refractivity contribution in [1.82, 2.24) is 4.72 Å². The summed E-state index contributed by atoms with van der Waals surface area (Å²) in [7, 11) is -4.21. The highest BCUT2D eigenvalue weighted by Gasteiger charge is 2.58. The molecule has 0 aliphatic heterocycles. The van der Waals surface area contributed by atoms with Crippen LogP contribution >= 0.6 is 0 Å². The van der Waals surface area contributed by atoms with E-state index in [1.807, 2.05) is 0 Å². The normalized spacial score (nSPS) is 32.3. The fraction of sp³-hybridized carbons (Fsp3) is 0.652. The summed E-state index contributed by atoms with van der Waals surface area (Å²) in [6.07, 6.45) is 4.59. The van der Waals surface area contributed by atoms with Crippen molar-refractivity contribution >= 4 is 21.7 Å². The largest absolute Gasteiger partial charge is 0.369 e. The van der Waals surface area contributed by atoms with E-state index in [0.29, 0.717) is 11.5 Å². The number of nitrogens with one attached hydrogen (secondary N) is 1. The number of aryl methyl sites for hydroxylation is 1. The summed E-state index contributed by atoms with van der Waals surface area (Å²) in [4.78, 5) is 24.9. The lowest BCUT2D eigenvalue weighted by Crippen LogP contribution is -2.57. The number of hydrogen-bond donors (Lipinski definition) is 2. The summed E-state index contributed by atoms with van der Waals surface area (Å²) in [5, 5.41) is 0. The molecule has 0 spiro atoms. The summed E-state index contributed by atoms with van der Waals surface area (Å²) in [5.41, 5.74) is 4.56. The SMILES string of the molecule is Cc1ccc(F)c(S(=O)(=O)NC(C)(C)C(=O)CC2C3CC4CC2CC(C(N)=O)(C4)C3)c1. The Morgan fingerprint density at radius 3 is 2.39 bits per heavy atom. The second-order valence-corrected chi connectivity index (χ2v) is 12.2. The second-order valence-electron chi connectivity index (χ2n) is 10.6. The van der Waals surface area contributed by atoms with Crippen molar-refractivity contribution in [3.05, 3.63) is 29.6 Å². The van der Waals surface area contributed by atoms with E-state index in [1.54, 1.807) is 6.92 Å². The van der Waals surface area contributed by atoms with Crippen LogP contribution in [0, 0.1) is 41.8 Å². The van der Waals surface area contributed by atoms with Crippen LogP contribution in [-0.2, 0) is 19.6 Å². The Bertz CT molecular complexity index is 1020. The molecule has 4 bridgehead atoms. The Morgan fingerprint density at radius 2 is 1.81 bits per heavy atom. The Morgan fingerprint density at radius 1 is 1.19 bits per heavy atom. The van der Waals surface area contributed by atoms with E-state index >= 15 is 0 Å². The fourth-order valence-corrected chi connectivity index (χ4v) is 8.06. The molecule has 170 valence electrons. The zero-order valence-corrected chi connectivity index (χ0v) is 19.1. The van der Waals surface area contributed by atoms with Gasteiger partial charge in [-0.25, -0.2) is 12.8 Å². The van der Waals surface area contributed by atoms with Crippen LogP contribution in [0.2, 0.25) is 0 Å². The van der Waals surface area contributed by atoms with Crippen molar-refractivity contribution in [3.63, 3.8) is 0 Å². The standard InChI is InChI=1S/C23H31FN2O4S/c1-13-4-5-18(24)19(6-13)31(29,30)26-22(2,3)20(27)9-17-15-7-14-8-16(17)12-23(10-14,11-15)21(25)28/h4-6,14-17,26H,7-12H2,1-3H3,(H2,25,28). The Hall–Kier alpha value is -1.80. The summed E-state index contributed by atoms with van der Waals surface area (Å²) in [6, 6.07) is 3.87. The minimum Gasteiger partial charge on any atom is -0.369 e. The van der Waals surface area contributed by atoms with Gasteiger partial charge in [0, 0.05) is 11.8 Å². The molecule has 5 rings (SSSR count). The van der Waals surface area contributed by atoms with Crippen LogP contribution in [0.3, 0.4) is 0 Å². The van der Waals surface area contributed by atoms with Gasteiger partial charge in [0.05, 0.1) is 5.54 Å². The molecule has 6 nitrogen and oxygen atoms in total. The quantitative estimate of drug-likeness (QED) is 0.666. The van der Waals surface area contributed by atoms with Gasteiger partial charge in [-0.2, -0.15) is 4.72 Å². The average molecular weight is 451 g/mol. The van der Waals surface area contributed by atoms with Crippen molar-refractivity contribution < 1.29 is 22.4 Å². The topological polar surface area (TPSA) is 106 Å². The molecule has 0 heterocycles. The van der Waals surface area contributed by atoms with Gasteiger partial charge < -0.3 is 5.73 Å². The number of Topliss-reactive ketones (excluding diaryl/α,β-unsaturated/α-hetero) is 1. The molecule has 4 aliphatic carbocycles. The van der Waals surface area contributed by atoms with Gasteiger partial charge >= 0.3 is 0 Å². The number of carbonyl (C=O) groups excluding carboxylic acids is 2. The van der Waals surface area contributed by atoms with Gasteiger partial charge in [0.2, 0.25) is 15.9 Å². The number of halogens is 1. The molecular weight excluding hydrogens is 419 g/mol. The predicted octanol–water partition coefficient (Wildman–Crippen LogP) is 3.08. The number of nitrogens with two attached hydrogens (primary N) is 1. The monoisotopic (exact) mass is 450 g/mol. The number of carbonyl (C=O) groups is 2. The summed E-state index contributed by atoms with van der Waals surface area (Å²) < 4.78 is 42.2. The van der Waals surface area contributed by atoms with Crippen LogP contribution < -0.4 is 10.5 Å². The predicted molar refractivity (Wildman–Crippen MR) is 114 cm³/mol. The smallest absolute Gasteiger partial charge is 0.244 e. The van der Waals surface area contributed by atoms with Gasteiger partial charge in [0.1, 0.15) is 10.7 Å². The highest BCUT2D eigenvalue weighted by atomic mass is 32.2. The number of hydrogen-bond acceptors (Lipinski definition) is 4. The molecule has 8 heteroatoms. The molecule has 4 fully saturated rings. The molecule has 31 heavy (non-hydrogen) atoms. The van der Waals surface area contributed by atoms with E-state index in [-0.39, 0.29) is 35.9 Å². The number of primary amides is 1. The van der Waals surface area contributed by atoms with Crippen molar-refractivity contribution in [2.75, 3.05) is 0 Å². The van der Waals surface area contributed by atoms with Crippen LogP contribution in [-0.4, -0.2) is 25.6 Å². The van der Waals surface area contributed by atoms with Crippen molar-refractivity contribution in [2.45, 2.75) is 69.7 Å². The molecule has 1 aromatic rings. The highest BCUT2D eigenvalue weighted by Crippen LogP contribution is 2.62. The first kappa shape index (κ1) is 22.4. The van der Waals surface area contributed by atoms with Gasteiger partial charge in [-0.3, -0.25) is 9.59 Å².